The van der Waals surface area contributed by atoms with Gasteiger partial charge in [0.15, 0.2) is 0 Å². The number of nitrogens with zero attached hydrogens (tertiary/aromatic N) is 1. The van der Waals surface area contributed by atoms with E-state index in [1.807, 2.05) is 0 Å². The molecule has 3 rings (SSSR count). The minimum atomic E-state index is -0.688. The SMILES string of the molecule is O=C(NCC(=O)N1CC(O)(C2CC2)C1)c1cccc(Cl)c1. The lowest BCUT2D eigenvalue weighted by Gasteiger charge is -2.47. The molecule has 0 atom stereocenters. The third-order valence-corrected chi connectivity index (χ3v) is 4.34. The van der Waals surface area contributed by atoms with Crippen LogP contribution in [0.2, 0.25) is 5.02 Å². The van der Waals surface area contributed by atoms with E-state index in [2.05, 4.69) is 5.32 Å². The van der Waals surface area contributed by atoms with E-state index in [1.54, 1.807) is 29.2 Å². The number of halogens is 1. The van der Waals surface area contributed by atoms with Crippen LogP contribution in [-0.4, -0.2) is 47.1 Å². The van der Waals surface area contributed by atoms with Crippen LogP contribution < -0.4 is 5.32 Å². The van der Waals surface area contributed by atoms with Gasteiger partial charge in [-0.05, 0) is 37.0 Å². The van der Waals surface area contributed by atoms with Crippen molar-refractivity contribution in [3.8, 4) is 0 Å². The topological polar surface area (TPSA) is 69.6 Å². The van der Waals surface area contributed by atoms with E-state index >= 15 is 0 Å². The molecule has 2 aliphatic rings. The molecule has 2 N–H and O–H groups in total. The number of carbonyl (C=O) groups is 2. The van der Waals surface area contributed by atoms with Crippen molar-refractivity contribution < 1.29 is 14.7 Å². The summed E-state index contributed by atoms with van der Waals surface area (Å²) in [5.74, 6) is -0.151. The van der Waals surface area contributed by atoms with E-state index in [1.165, 1.54) is 0 Å². The van der Waals surface area contributed by atoms with Crippen LogP contribution >= 0.6 is 11.6 Å². The van der Waals surface area contributed by atoms with Crippen molar-refractivity contribution in [3.05, 3.63) is 34.9 Å². The van der Waals surface area contributed by atoms with Gasteiger partial charge in [-0.1, -0.05) is 17.7 Å². The standard InChI is InChI=1S/C15H17ClN2O3/c16-12-3-1-2-10(6-12)14(20)17-7-13(19)18-8-15(21,9-18)11-4-5-11/h1-3,6,11,21H,4-5,7-9H2,(H,17,20). The second kappa shape index (κ2) is 5.31. The Morgan fingerprint density at radius 2 is 2.10 bits per heavy atom. The van der Waals surface area contributed by atoms with Gasteiger partial charge in [0.25, 0.3) is 5.91 Å². The van der Waals surface area contributed by atoms with Gasteiger partial charge in [0.1, 0.15) is 5.60 Å². The Labute approximate surface area is 127 Å². The van der Waals surface area contributed by atoms with Crippen LogP contribution in [0.15, 0.2) is 24.3 Å². The molecule has 6 heteroatoms. The minimum Gasteiger partial charge on any atom is -0.386 e. The minimum absolute atomic E-state index is 0.0634. The summed E-state index contributed by atoms with van der Waals surface area (Å²) < 4.78 is 0. The van der Waals surface area contributed by atoms with Gasteiger partial charge >= 0.3 is 0 Å². The van der Waals surface area contributed by atoms with Gasteiger partial charge in [-0.2, -0.15) is 0 Å². The smallest absolute Gasteiger partial charge is 0.251 e. The van der Waals surface area contributed by atoms with Gasteiger partial charge in [-0.15, -0.1) is 0 Å². The molecular formula is C15H17ClN2O3. The highest BCUT2D eigenvalue weighted by molar-refractivity contribution is 6.30. The van der Waals surface area contributed by atoms with Crippen molar-refractivity contribution in [1.29, 1.82) is 0 Å². The molecule has 0 spiro atoms. The first-order valence-corrected chi connectivity index (χ1v) is 7.40. The molecule has 112 valence electrons. The molecule has 0 radical (unpaired) electrons. The predicted octanol–water partition coefficient (Wildman–Crippen LogP) is 1.05. The van der Waals surface area contributed by atoms with Gasteiger partial charge in [0, 0.05) is 10.6 Å². The van der Waals surface area contributed by atoms with Crippen molar-refractivity contribution >= 4 is 23.4 Å². The quantitative estimate of drug-likeness (QED) is 0.873. The van der Waals surface area contributed by atoms with E-state index in [0.717, 1.165) is 12.8 Å². The molecule has 2 fully saturated rings. The molecule has 1 saturated carbocycles. The molecule has 5 nitrogen and oxygen atoms in total. The number of benzene rings is 1. The van der Waals surface area contributed by atoms with Gasteiger partial charge in [0.2, 0.25) is 5.91 Å². The first-order chi connectivity index (χ1) is 9.98. The van der Waals surface area contributed by atoms with Crippen LogP contribution in [0, 0.1) is 5.92 Å². The number of nitrogens with one attached hydrogen (secondary N) is 1. The number of likely N-dealkylation sites (tertiary alicyclic amines) is 1. The number of hydrogen-bond acceptors (Lipinski definition) is 3. The lowest BCUT2D eigenvalue weighted by atomic mass is 9.89. The van der Waals surface area contributed by atoms with E-state index in [4.69, 9.17) is 11.6 Å². The largest absolute Gasteiger partial charge is 0.386 e. The van der Waals surface area contributed by atoms with Crippen molar-refractivity contribution in [3.63, 3.8) is 0 Å². The molecule has 21 heavy (non-hydrogen) atoms. The fourth-order valence-electron chi connectivity index (χ4n) is 2.67. The maximum atomic E-state index is 11.9. The summed E-state index contributed by atoms with van der Waals surface area (Å²) in [6, 6.07) is 6.56. The fraction of sp³-hybridized carbons (Fsp3) is 0.467. The monoisotopic (exact) mass is 308 g/mol. The second-order valence-electron chi connectivity index (χ2n) is 5.82. The van der Waals surface area contributed by atoms with E-state index in [9.17, 15) is 14.7 Å². The predicted molar refractivity (Wildman–Crippen MR) is 78.0 cm³/mol. The summed E-state index contributed by atoms with van der Waals surface area (Å²) in [7, 11) is 0. The summed E-state index contributed by atoms with van der Waals surface area (Å²) in [6.45, 7) is 0.694. The number of hydrogen-bond donors (Lipinski definition) is 2. The van der Waals surface area contributed by atoms with Crippen LogP contribution in [0.1, 0.15) is 23.2 Å². The summed E-state index contributed by atoms with van der Waals surface area (Å²) in [5.41, 5.74) is -0.263. The van der Waals surface area contributed by atoms with E-state index in [0.29, 0.717) is 29.6 Å². The molecule has 2 amide bonds. The molecule has 1 aliphatic carbocycles. The van der Waals surface area contributed by atoms with Gasteiger partial charge in [-0.25, -0.2) is 0 Å². The maximum Gasteiger partial charge on any atom is 0.251 e. The zero-order chi connectivity index (χ0) is 15.0. The second-order valence-corrected chi connectivity index (χ2v) is 6.26. The van der Waals surface area contributed by atoms with Crippen LogP contribution in [-0.2, 0) is 4.79 Å². The highest BCUT2D eigenvalue weighted by Gasteiger charge is 2.53. The molecule has 1 heterocycles. The molecule has 1 saturated heterocycles. The Morgan fingerprint density at radius 1 is 1.38 bits per heavy atom. The van der Waals surface area contributed by atoms with Gasteiger partial charge in [0.05, 0.1) is 19.6 Å². The Bertz CT molecular complexity index is 580. The highest BCUT2D eigenvalue weighted by atomic mass is 35.5. The highest BCUT2D eigenvalue weighted by Crippen LogP contribution is 2.44. The van der Waals surface area contributed by atoms with Gasteiger partial charge in [-0.3, -0.25) is 9.59 Å². The molecule has 0 unspecified atom stereocenters. The summed E-state index contributed by atoms with van der Waals surface area (Å²) in [4.78, 5) is 25.4. The lowest BCUT2D eigenvalue weighted by Crippen LogP contribution is -2.65. The molecular weight excluding hydrogens is 292 g/mol. The van der Waals surface area contributed by atoms with Crippen molar-refractivity contribution in [2.75, 3.05) is 19.6 Å². The summed E-state index contributed by atoms with van der Waals surface area (Å²) >= 11 is 5.82. The first kappa shape index (κ1) is 14.4. The molecule has 1 aromatic carbocycles. The number of aliphatic hydroxyl groups is 1. The molecule has 1 aliphatic heterocycles. The Hall–Kier alpha value is -1.59. The third kappa shape index (κ3) is 3.04. The molecule has 1 aromatic rings. The first-order valence-electron chi connectivity index (χ1n) is 7.02. The number of rotatable bonds is 4. The Balaban J connectivity index is 1.47. The average molecular weight is 309 g/mol. The fourth-order valence-corrected chi connectivity index (χ4v) is 2.86. The van der Waals surface area contributed by atoms with Crippen LogP contribution in [0.4, 0.5) is 0 Å². The summed E-state index contributed by atoms with van der Waals surface area (Å²) in [6.07, 6.45) is 2.09. The van der Waals surface area contributed by atoms with Crippen LogP contribution in [0.25, 0.3) is 0 Å². The Morgan fingerprint density at radius 3 is 2.71 bits per heavy atom. The maximum absolute atomic E-state index is 11.9. The van der Waals surface area contributed by atoms with Crippen LogP contribution in [0.5, 0.6) is 0 Å². The molecule has 0 bridgehead atoms. The number of amides is 2. The van der Waals surface area contributed by atoms with Gasteiger partial charge < -0.3 is 15.3 Å². The summed E-state index contributed by atoms with van der Waals surface area (Å²) in [5, 5.41) is 13.2. The van der Waals surface area contributed by atoms with Crippen molar-refractivity contribution in [2.45, 2.75) is 18.4 Å². The lowest BCUT2D eigenvalue weighted by molar-refractivity contribution is -0.158. The van der Waals surface area contributed by atoms with Crippen molar-refractivity contribution in [2.24, 2.45) is 5.92 Å². The third-order valence-electron chi connectivity index (χ3n) is 4.11. The van der Waals surface area contributed by atoms with Crippen LogP contribution in [0.3, 0.4) is 0 Å². The Kier molecular flexibility index (Phi) is 3.63. The van der Waals surface area contributed by atoms with E-state index < -0.39 is 5.60 Å². The number of carbonyl (C=O) groups excluding carboxylic acids is 2. The zero-order valence-electron chi connectivity index (χ0n) is 11.5. The normalized spacial score (nSPS) is 19.8. The van der Waals surface area contributed by atoms with E-state index in [-0.39, 0.29) is 18.4 Å². The zero-order valence-corrected chi connectivity index (χ0v) is 12.3. The van der Waals surface area contributed by atoms with Crippen molar-refractivity contribution in [1.82, 2.24) is 10.2 Å². The average Bonchev–Trinajstić information content (AvgIpc) is 3.25. The molecule has 0 aromatic heterocycles. The number of β-amino-alcohol motifs (C(OH)–C–C–N with tert-alkyl or cyclic N) is 1.